The highest BCUT2D eigenvalue weighted by Gasteiger charge is 2.07. The summed E-state index contributed by atoms with van der Waals surface area (Å²) in [6.07, 6.45) is 0. The van der Waals surface area contributed by atoms with E-state index in [2.05, 4.69) is 0 Å². The number of nitrogens with two attached hydrogens (primary N) is 2. The first-order valence-electron chi connectivity index (χ1n) is 4.44. The smallest absolute Gasteiger partial charge is 0.338 e. The van der Waals surface area contributed by atoms with Crippen LogP contribution in [0.5, 0.6) is 0 Å². The van der Waals surface area contributed by atoms with Crippen LogP contribution >= 0.6 is 0 Å². The fraction of sp³-hybridized carbons (Fsp3) is 0.300. The SMILES string of the molecule is CCOC(=O)c1ccc(CN)c(N)c1. The molecule has 0 saturated heterocycles. The fourth-order valence-electron chi connectivity index (χ4n) is 1.12. The molecule has 0 aliphatic rings. The van der Waals surface area contributed by atoms with Crippen molar-refractivity contribution in [1.29, 1.82) is 0 Å². The molecule has 1 rings (SSSR count). The van der Waals surface area contributed by atoms with Crippen molar-refractivity contribution in [3.05, 3.63) is 29.3 Å². The standard InChI is InChI=1S/C10H14N2O2/c1-2-14-10(13)7-3-4-8(6-11)9(12)5-7/h3-5H,2,6,11-12H2,1H3. The Hall–Kier alpha value is -1.55. The zero-order valence-electron chi connectivity index (χ0n) is 8.12. The molecule has 0 radical (unpaired) electrons. The van der Waals surface area contributed by atoms with Gasteiger partial charge in [0, 0.05) is 12.2 Å². The number of hydrogen-bond acceptors (Lipinski definition) is 4. The first-order chi connectivity index (χ1) is 6.69. The Kier molecular flexibility index (Phi) is 3.48. The third-order valence-corrected chi connectivity index (χ3v) is 1.88. The molecule has 0 amide bonds. The van der Waals surface area contributed by atoms with Gasteiger partial charge in [0.15, 0.2) is 0 Å². The lowest BCUT2D eigenvalue weighted by Gasteiger charge is -2.05. The van der Waals surface area contributed by atoms with Crippen LogP contribution in [0.4, 0.5) is 5.69 Å². The van der Waals surface area contributed by atoms with Gasteiger partial charge in [-0.1, -0.05) is 6.07 Å². The monoisotopic (exact) mass is 194 g/mol. The summed E-state index contributed by atoms with van der Waals surface area (Å²) < 4.78 is 4.83. The minimum Gasteiger partial charge on any atom is -0.462 e. The molecule has 14 heavy (non-hydrogen) atoms. The number of hydrogen-bond donors (Lipinski definition) is 2. The zero-order chi connectivity index (χ0) is 10.6. The Morgan fingerprint density at radius 2 is 2.21 bits per heavy atom. The fourth-order valence-corrected chi connectivity index (χ4v) is 1.12. The Morgan fingerprint density at radius 3 is 2.71 bits per heavy atom. The Balaban J connectivity index is 2.91. The average Bonchev–Trinajstić information content (AvgIpc) is 2.18. The predicted molar refractivity (Wildman–Crippen MR) is 54.7 cm³/mol. The third-order valence-electron chi connectivity index (χ3n) is 1.88. The molecule has 0 atom stereocenters. The van der Waals surface area contributed by atoms with Crippen LogP contribution in [0.2, 0.25) is 0 Å². The van der Waals surface area contributed by atoms with Gasteiger partial charge in [-0.05, 0) is 24.6 Å². The summed E-state index contributed by atoms with van der Waals surface area (Å²) in [5.41, 5.74) is 12.9. The van der Waals surface area contributed by atoms with Crippen LogP contribution in [0.3, 0.4) is 0 Å². The van der Waals surface area contributed by atoms with Crippen molar-refractivity contribution in [2.75, 3.05) is 12.3 Å². The summed E-state index contributed by atoms with van der Waals surface area (Å²) >= 11 is 0. The molecule has 0 saturated carbocycles. The molecule has 4 nitrogen and oxygen atoms in total. The van der Waals surface area contributed by atoms with E-state index in [1.54, 1.807) is 25.1 Å². The first kappa shape index (κ1) is 10.5. The lowest BCUT2D eigenvalue weighted by Crippen LogP contribution is -2.07. The molecular formula is C10H14N2O2. The molecule has 0 aromatic heterocycles. The molecule has 76 valence electrons. The van der Waals surface area contributed by atoms with Crippen molar-refractivity contribution in [2.45, 2.75) is 13.5 Å². The summed E-state index contributed by atoms with van der Waals surface area (Å²) in [6, 6.07) is 4.98. The first-order valence-corrected chi connectivity index (χ1v) is 4.44. The topological polar surface area (TPSA) is 78.3 Å². The van der Waals surface area contributed by atoms with Crippen molar-refractivity contribution in [3.63, 3.8) is 0 Å². The van der Waals surface area contributed by atoms with Crippen LogP contribution in [-0.4, -0.2) is 12.6 Å². The summed E-state index contributed by atoms with van der Waals surface area (Å²) in [4.78, 5) is 11.3. The maximum absolute atomic E-state index is 11.3. The Bertz CT molecular complexity index is 337. The normalized spacial score (nSPS) is 9.86. The van der Waals surface area contributed by atoms with Gasteiger partial charge >= 0.3 is 5.97 Å². The minimum atomic E-state index is -0.359. The van der Waals surface area contributed by atoms with Crippen molar-refractivity contribution < 1.29 is 9.53 Å². The van der Waals surface area contributed by atoms with Crippen LogP contribution in [0, 0.1) is 0 Å². The van der Waals surface area contributed by atoms with Gasteiger partial charge in [0.1, 0.15) is 0 Å². The molecule has 0 unspecified atom stereocenters. The van der Waals surface area contributed by atoms with Crippen molar-refractivity contribution >= 4 is 11.7 Å². The summed E-state index contributed by atoms with van der Waals surface area (Å²) in [6.45, 7) is 2.49. The van der Waals surface area contributed by atoms with Crippen molar-refractivity contribution in [1.82, 2.24) is 0 Å². The number of benzene rings is 1. The largest absolute Gasteiger partial charge is 0.462 e. The maximum Gasteiger partial charge on any atom is 0.338 e. The van der Waals surface area contributed by atoms with Gasteiger partial charge in [0.05, 0.1) is 12.2 Å². The number of anilines is 1. The highest BCUT2D eigenvalue weighted by molar-refractivity contribution is 5.90. The summed E-state index contributed by atoms with van der Waals surface area (Å²) in [5, 5.41) is 0. The van der Waals surface area contributed by atoms with Gasteiger partial charge < -0.3 is 16.2 Å². The Labute approximate surface area is 82.8 Å². The van der Waals surface area contributed by atoms with E-state index < -0.39 is 0 Å². The minimum absolute atomic E-state index is 0.359. The van der Waals surface area contributed by atoms with E-state index in [0.29, 0.717) is 24.4 Å². The summed E-state index contributed by atoms with van der Waals surface area (Å²) in [7, 11) is 0. The van der Waals surface area contributed by atoms with Gasteiger partial charge in [-0.15, -0.1) is 0 Å². The third kappa shape index (κ3) is 2.23. The molecule has 1 aromatic carbocycles. The van der Waals surface area contributed by atoms with Gasteiger partial charge in [-0.25, -0.2) is 4.79 Å². The van der Waals surface area contributed by atoms with E-state index in [-0.39, 0.29) is 5.97 Å². The van der Waals surface area contributed by atoms with Crippen molar-refractivity contribution in [3.8, 4) is 0 Å². The molecule has 0 fully saturated rings. The number of esters is 1. The van der Waals surface area contributed by atoms with Crippen LogP contribution in [0.15, 0.2) is 18.2 Å². The molecule has 0 bridgehead atoms. The molecule has 0 spiro atoms. The van der Waals surface area contributed by atoms with Gasteiger partial charge in [0.2, 0.25) is 0 Å². The number of nitrogen functional groups attached to an aromatic ring is 1. The molecular weight excluding hydrogens is 180 g/mol. The quantitative estimate of drug-likeness (QED) is 0.553. The second-order valence-corrected chi connectivity index (χ2v) is 2.84. The number of ether oxygens (including phenoxy) is 1. The molecule has 4 N–H and O–H groups in total. The zero-order valence-corrected chi connectivity index (χ0v) is 8.12. The summed E-state index contributed by atoms with van der Waals surface area (Å²) in [5.74, 6) is -0.359. The van der Waals surface area contributed by atoms with E-state index in [0.717, 1.165) is 5.56 Å². The molecule has 1 aromatic rings. The van der Waals surface area contributed by atoms with Gasteiger partial charge in [0.25, 0.3) is 0 Å². The second kappa shape index (κ2) is 4.62. The lowest BCUT2D eigenvalue weighted by atomic mass is 10.1. The molecule has 0 aliphatic carbocycles. The van der Waals surface area contributed by atoms with E-state index in [1.807, 2.05) is 0 Å². The maximum atomic E-state index is 11.3. The van der Waals surface area contributed by atoms with Crippen LogP contribution < -0.4 is 11.5 Å². The predicted octanol–water partition coefficient (Wildman–Crippen LogP) is 0.904. The van der Waals surface area contributed by atoms with Crippen molar-refractivity contribution in [2.24, 2.45) is 5.73 Å². The van der Waals surface area contributed by atoms with E-state index in [4.69, 9.17) is 16.2 Å². The van der Waals surface area contributed by atoms with Gasteiger partial charge in [-0.3, -0.25) is 0 Å². The second-order valence-electron chi connectivity index (χ2n) is 2.84. The van der Waals surface area contributed by atoms with Crippen LogP contribution in [0.25, 0.3) is 0 Å². The molecule has 0 heterocycles. The molecule has 0 aliphatic heterocycles. The highest BCUT2D eigenvalue weighted by atomic mass is 16.5. The molecule has 4 heteroatoms. The van der Waals surface area contributed by atoms with E-state index >= 15 is 0 Å². The van der Waals surface area contributed by atoms with Crippen LogP contribution in [-0.2, 0) is 11.3 Å². The highest BCUT2D eigenvalue weighted by Crippen LogP contribution is 2.14. The Morgan fingerprint density at radius 1 is 1.50 bits per heavy atom. The van der Waals surface area contributed by atoms with E-state index in [9.17, 15) is 4.79 Å². The number of carbonyl (C=O) groups is 1. The number of rotatable bonds is 3. The average molecular weight is 194 g/mol. The van der Waals surface area contributed by atoms with Gasteiger partial charge in [-0.2, -0.15) is 0 Å². The number of carbonyl (C=O) groups excluding carboxylic acids is 1. The van der Waals surface area contributed by atoms with E-state index in [1.165, 1.54) is 0 Å². The van der Waals surface area contributed by atoms with Crippen LogP contribution in [0.1, 0.15) is 22.8 Å². The lowest BCUT2D eigenvalue weighted by molar-refractivity contribution is 0.0526.